The molecule has 0 aromatic carbocycles. The maximum absolute atomic E-state index is 0. The van der Waals surface area contributed by atoms with Crippen molar-refractivity contribution in [1.82, 2.24) is 0 Å². The van der Waals surface area contributed by atoms with Gasteiger partial charge in [0.05, 0.1) is 0 Å². The minimum atomic E-state index is 0. The van der Waals surface area contributed by atoms with Crippen LogP contribution in [0.3, 0.4) is 0 Å². The van der Waals surface area contributed by atoms with Crippen molar-refractivity contribution in [2.45, 2.75) is 0 Å². The normalized spacial score (nSPS) is 0. The van der Waals surface area contributed by atoms with Gasteiger partial charge in [-0.25, -0.2) is 0 Å². The molecule has 0 amide bonds. The molecule has 0 aromatic heterocycles. The molecule has 0 fully saturated rings. The number of rotatable bonds is 0. The Morgan fingerprint density at radius 2 is 1.00 bits per heavy atom. The molecular weight excluding hydrogens is 265 g/mol. The molecule has 6 heavy (non-hydrogen) atoms. The molecule has 0 unspecified atom stereocenters. The van der Waals surface area contributed by atoms with Crippen LogP contribution in [-0.2, 0) is 66.6 Å². The van der Waals surface area contributed by atoms with Crippen LogP contribution < -0.4 is 0 Å². The van der Waals surface area contributed by atoms with Crippen LogP contribution in [0.5, 0.6) is 0 Å². The Labute approximate surface area is 102 Å². The fraction of sp³-hybridized carbons (Fsp3) is 0. The summed E-state index contributed by atoms with van der Waals surface area (Å²) in [5.74, 6) is 0. The minimum Gasteiger partial charge on any atom is 0 e. The second-order valence-electron chi connectivity index (χ2n) is 0. The molecule has 0 bridgehead atoms. The predicted octanol–water partition coefficient (Wildman–Crippen LogP) is -1.15. The van der Waals surface area contributed by atoms with E-state index < -0.39 is 0 Å². The molecule has 0 rings (SSSR count). The SMILES string of the molecule is [Al].[B].[Cr].[Ni].[Si].[Y]. The van der Waals surface area contributed by atoms with Gasteiger partial charge in [0.1, 0.15) is 0 Å². The maximum Gasteiger partial charge on any atom is 0 e. The van der Waals surface area contributed by atoms with E-state index in [1.807, 2.05) is 0 Å². The van der Waals surface area contributed by atoms with E-state index in [1.54, 1.807) is 0 Å². The quantitative estimate of drug-likeness (QED) is 0.485. The van der Waals surface area contributed by atoms with E-state index in [4.69, 9.17) is 0 Å². The zero-order valence-electron chi connectivity index (χ0n) is 2.96. The monoisotopic (exact) mass is 265 g/mol. The Morgan fingerprint density at radius 1 is 1.00 bits per heavy atom. The zero-order chi connectivity index (χ0) is 0. The topological polar surface area (TPSA) is 0 Å². The van der Waals surface area contributed by atoms with E-state index in [-0.39, 0.29) is 103 Å². The summed E-state index contributed by atoms with van der Waals surface area (Å²) in [6, 6.07) is 0. The Hall–Kier alpha value is 2.94. The van der Waals surface area contributed by atoms with Crippen molar-refractivity contribution in [2.75, 3.05) is 0 Å². The number of hydrogen-bond donors (Lipinski definition) is 0. The standard InChI is InChI=1S/Al.B.Cr.Ni.Si.Y. The van der Waals surface area contributed by atoms with Gasteiger partial charge >= 0.3 is 0 Å². The van der Waals surface area contributed by atoms with Crippen LogP contribution in [-0.4, -0.2) is 36.7 Å². The van der Waals surface area contributed by atoms with E-state index in [0.717, 1.165) is 0 Å². The van der Waals surface area contributed by atoms with Crippen LogP contribution in [0.25, 0.3) is 0 Å². The van der Waals surface area contributed by atoms with Gasteiger partial charge in [-0.2, -0.15) is 0 Å². The zero-order valence-corrected chi connectivity index (χ0v) is 10.2. The van der Waals surface area contributed by atoms with Crippen molar-refractivity contribution in [1.29, 1.82) is 0 Å². The van der Waals surface area contributed by atoms with Crippen LogP contribution in [0.15, 0.2) is 0 Å². The largest absolute Gasteiger partial charge is 0 e. The predicted molar refractivity (Wildman–Crippen MR) is 17.3 cm³/mol. The molecular formula is AlBCrNiSiY. The molecule has 0 aliphatic rings. The Kier molecular flexibility index (Phi) is 480. The first-order valence-corrected chi connectivity index (χ1v) is 0. The van der Waals surface area contributed by atoms with Gasteiger partial charge in [0.25, 0.3) is 0 Å². The van der Waals surface area contributed by atoms with Crippen molar-refractivity contribution >= 4 is 36.7 Å². The van der Waals surface area contributed by atoms with E-state index >= 15 is 0 Å². The Bertz CT molecular complexity index is 15.5. The Morgan fingerprint density at radius 3 is 1.00 bits per heavy atom. The van der Waals surface area contributed by atoms with Crippen LogP contribution >= 0.6 is 0 Å². The van der Waals surface area contributed by atoms with Crippen LogP contribution in [0.1, 0.15) is 0 Å². The van der Waals surface area contributed by atoms with Gasteiger partial charge in [-0.3, -0.25) is 0 Å². The van der Waals surface area contributed by atoms with Crippen molar-refractivity contribution < 1.29 is 66.6 Å². The van der Waals surface area contributed by atoms with E-state index in [0.29, 0.717) is 0 Å². The molecule has 0 saturated carbocycles. The van der Waals surface area contributed by atoms with Gasteiger partial charge < -0.3 is 0 Å². The van der Waals surface area contributed by atoms with Gasteiger partial charge in [0.15, 0.2) is 0 Å². The van der Waals surface area contributed by atoms with Crippen molar-refractivity contribution in [3.8, 4) is 0 Å². The summed E-state index contributed by atoms with van der Waals surface area (Å²) in [5, 5.41) is 0. The first-order chi connectivity index (χ1) is 0. The third-order valence-electron chi connectivity index (χ3n) is 0. The fourth-order valence-electron chi connectivity index (χ4n) is 0. The van der Waals surface area contributed by atoms with Gasteiger partial charge in [-0.1, -0.05) is 0 Å². The smallest absolute Gasteiger partial charge is 0 e. The first-order valence-electron chi connectivity index (χ1n) is 0. The summed E-state index contributed by atoms with van der Waals surface area (Å²) in [5.41, 5.74) is 0. The maximum atomic E-state index is 0. The number of hydrogen-bond acceptors (Lipinski definition) is 0. The van der Waals surface area contributed by atoms with E-state index in [9.17, 15) is 0 Å². The third-order valence-corrected chi connectivity index (χ3v) is 0. The van der Waals surface area contributed by atoms with Gasteiger partial charge in [0.2, 0.25) is 0 Å². The molecule has 0 atom stereocenters. The fourth-order valence-corrected chi connectivity index (χ4v) is 0. The Balaban J connectivity index is 0. The molecule has 0 N–H and O–H groups in total. The molecule has 0 saturated heterocycles. The summed E-state index contributed by atoms with van der Waals surface area (Å²) in [6.07, 6.45) is 0. The van der Waals surface area contributed by atoms with Crippen molar-refractivity contribution in [3.05, 3.63) is 0 Å². The molecule has 0 nitrogen and oxygen atoms in total. The summed E-state index contributed by atoms with van der Waals surface area (Å²) in [4.78, 5) is 0. The third kappa shape index (κ3) is 28.3. The molecule has 11 radical (unpaired) electrons. The second kappa shape index (κ2) is 44.2. The summed E-state index contributed by atoms with van der Waals surface area (Å²) >= 11 is 0. The van der Waals surface area contributed by atoms with Crippen molar-refractivity contribution in [3.63, 3.8) is 0 Å². The van der Waals surface area contributed by atoms with E-state index in [1.165, 1.54) is 0 Å². The molecule has 29 valence electrons. The van der Waals surface area contributed by atoms with Crippen LogP contribution in [0.4, 0.5) is 0 Å². The second-order valence-corrected chi connectivity index (χ2v) is 0. The van der Waals surface area contributed by atoms with Crippen LogP contribution in [0.2, 0.25) is 0 Å². The average Bonchev–Trinajstić information content (AvgIpc) is 0. The molecule has 0 aromatic rings. The van der Waals surface area contributed by atoms with Crippen LogP contribution in [0, 0.1) is 0 Å². The summed E-state index contributed by atoms with van der Waals surface area (Å²) < 4.78 is 0. The molecule has 0 aliphatic heterocycles. The molecule has 0 aliphatic carbocycles. The summed E-state index contributed by atoms with van der Waals surface area (Å²) in [6.45, 7) is 0. The first kappa shape index (κ1) is 65.1. The molecule has 0 heterocycles. The van der Waals surface area contributed by atoms with Crippen molar-refractivity contribution in [2.24, 2.45) is 0 Å². The van der Waals surface area contributed by atoms with Gasteiger partial charge in [0, 0.05) is 103 Å². The van der Waals surface area contributed by atoms with Gasteiger partial charge in [-0.15, -0.1) is 0 Å². The summed E-state index contributed by atoms with van der Waals surface area (Å²) in [7, 11) is 0. The average molecular weight is 265 g/mol. The minimum absolute atomic E-state index is 0. The molecule has 6 heteroatoms. The van der Waals surface area contributed by atoms with Gasteiger partial charge in [-0.05, 0) is 0 Å². The van der Waals surface area contributed by atoms with E-state index in [2.05, 4.69) is 0 Å². The molecule has 0 spiro atoms.